The zero-order valence-electron chi connectivity index (χ0n) is 12.4. The van der Waals surface area contributed by atoms with Gasteiger partial charge in [-0.25, -0.2) is 4.39 Å². The monoisotopic (exact) mass is 307 g/mol. The number of benzene rings is 2. The molecule has 0 bridgehead atoms. The molecular formula is C17H19ClFNO. The Morgan fingerprint density at radius 2 is 2.00 bits per heavy atom. The van der Waals surface area contributed by atoms with E-state index >= 15 is 0 Å². The summed E-state index contributed by atoms with van der Waals surface area (Å²) in [5, 5.41) is 3.76. The van der Waals surface area contributed by atoms with Crippen LogP contribution in [0.15, 0.2) is 36.4 Å². The maximum atomic E-state index is 13.9. The lowest BCUT2D eigenvalue weighted by Crippen LogP contribution is -2.20. The van der Waals surface area contributed by atoms with Gasteiger partial charge in [0.15, 0.2) is 0 Å². The van der Waals surface area contributed by atoms with E-state index in [9.17, 15) is 4.39 Å². The molecule has 21 heavy (non-hydrogen) atoms. The van der Waals surface area contributed by atoms with Crippen molar-refractivity contribution in [3.8, 4) is 5.75 Å². The van der Waals surface area contributed by atoms with Crippen LogP contribution in [0.5, 0.6) is 5.75 Å². The van der Waals surface area contributed by atoms with Gasteiger partial charge in [-0.3, -0.25) is 0 Å². The maximum absolute atomic E-state index is 13.9. The number of hydrogen-bond acceptors (Lipinski definition) is 2. The lowest BCUT2D eigenvalue weighted by atomic mass is 9.97. The summed E-state index contributed by atoms with van der Waals surface area (Å²) < 4.78 is 19.4. The molecular weight excluding hydrogens is 289 g/mol. The van der Waals surface area contributed by atoms with Gasteiger partial charge in [-0.15, -0.1) is 0 Å². The smallest absolute Gasteiger partial charge is 0.126 e. The average molecular weight is 308 g/mol. The number of ether oxygens (including phenoxy) is 1. The molecule has 0 aliphatic rings. The molecule has 0 amide bonds. The second-order valence-corrected chi connectivity index (χ2v) is 5.46. The van der Waals surface area contributed by atoms with Crippen LogP contribution < -0.4 is 10.1 Å². The molecule has 0 aromatic heterocycles. The molecule has 0 aliphatic carbocycles. The number of likely N-dealkylation sites (N-methyl/N-ethyl adjacent to an activating group) is 1. The highest BCUT2D eigenvalue weighted by Crippen LogP contribution is 2.29. The molecule has 112 valence electrons. The molecule has 2 aromatic rings. The largest absolute Gasteiger partial charge is 0.496 e. The second kappa shape index (κ2) is 6.92. The molecule has 2 nitrogen and oxygen atoms in total. The predicted molar refractivity (Wildman–Crippen MR) is 84.6 cm³/mol. The fourth-order valence-electron chi connectivity index (χ4n) is 2.39. The van der Waals surface area contributed by atoms with Gasteiger partial charge in [0.1, 0.15) is 11.6 Å². The van der Waals surface area contributed by atoms with Crippen molar-refractivity contribution < 1.29 is 9.13 Å². The van der Waals surface area contributed by atoms with E-state index in [-0.39, 0.29) is 11.9 Å². The van der Waals surface area contributed by atoms with Crippen LogP contribution >= 0.6 is 11.6 Å². The van der Waals surface area contributed by atoms with Crippen LogP contribution in [0, 0.1) is 12.7 Å². The number of nitrogens with one attached hydrogen (secondary N) is 1. The summed E-state index contributed by atoms with van der Waals surface area (Å²) in [6.45, 7) is 2.01. The van der Waals surface area contributed by atoms with Crippen molar-refractivity contribution in [2.75, 3.05) is 14.2 Å². The summed E-state index contributed by atoms with van der Waals surface area (Å²) in [4.78, 5) is 0. The first-order chi connectivity index (χ1) is 10.0. The Kier molecular flexibility index (Phi) is 5.21. The Morgan fingerprint density at radius 1 is 1.24 bits per heavy atom. The minimum atomic E-state index is -0.245. The van der Waals surface area contributed by atoms with Crippen molar-refractivity contribution in [1.29, 1.82) is 0 Å². The predicted octanol–water partition coefficient (Wildman–Crippen LogP) is 4.30. The van der Waals surface area contributed by atoms with Crippen molar-refractivity contribution in [2.24, 2.45) is 0 Å². The van der Waals surface area contributed by atoms with E-state index < -0.39 is 0 Å². The Morgan fingerprint density at radius 3 is 2.67 bits per heavy atom. The van der Waals surface area contributed by atoms with E-state index in [1.165, 1.54) is 6.07 Å². The van der Waals surface area contributed by atoms with Crippen LogP contribution in [-0.2, 0) is 6.42 Å². The second-order valence-electron chi connectivity index (χ2n) is 5.03. The van der Waals surface area contributed by atoms with E-state index in [4.69, 9.17) is 16.3 Å². The van der Waals surface area contributed by atoms with Gasteiger partial charge in [0.2, 0.25) is 0 Å². The van der Waals surface area contributed by atoms with E-state index in [0.717, 1.165) is 16.9 Å². The van der Waals surface area contributed by atoms with Gasteiger partial charge in [-0.1, -0.05) is 23.7 Å². The zero-order valence-corrected chi connectivity index (χ0v) is 13.2. The first-order valence-electron chi connectivity index (χ1n) is 6.81. The molecule has 1 N–H and O–H groups in total. The Hall–Kier alpha value is -1.58. The lowest BCUT2D eigenvalue weighted by Gasteiger charge is -2.20. The molecule has 2 aromatic carbocycles. The van der Waals surface area contributed by atoms with E-state index in [1.807, 2.05) is 32.2 Å². The van der Waals surface area contributed by atoms with Crippen molar-refractivity contribution in [2.45, 2.75) is 19.4 Å². The summed E-state index contributed by atoms with van der Waals surface area (Å²) >= 11 is 5.96. The molecule has 0 radical (unpaired) electrons. The van der Waals surface area contributed by atoms with Crippen molar-refractivity contribution >= 4 is 11.6 Å². The number of methoxy groups -OCH3 is 1. The van der Waals surface area contributed by atoms with Crippen LogP contribution in [0.25, 0.3) is 0 Å². The third-order valence-corrected chi connectivity index (χ3v) is 3.78. The van der Waals surface area contributed by atoms with Gasteiger partial charge < -0.3 is 10.1 Å². The van der Waals surface area contributed by atoms with Gasteiger partial charge in [-0.05, 0) is 55.8 Å². The zero-order chi connectivity index (χ0) is 15.4. The Labute approximate surface area is 129 Å². The molecule has 4 heteroatoms. The SMILES string of the molecule is CNC(Cc1cc(Cl)ccc1F)c1ccc(C)cc1OC. The van der Waals surface area contributed by atoms with E-state index in [0.29, 0.717) is 17.0 Å². The number of halogens is 2. The quantitative estimate of drug-likeness (QED) is 0.889. The normalized spacial score (nSPS) is 12.2. The summed E-state index contributed by atoms with van der Waals surface area (Å²) in [6, 6.07) is 10.6. The van der Waals surface area contributed by atoms with Crippen LogP contribution in [-0.4, -0.2) is 14.2 Å². The van der Waals surface area contributed by atoms with Gasteiger partial charge >= 0.3 is 0 Å². The lowest BCUT2D eigenvalue weighted by molar-refractivity contribution is 0.400. The molecule has 0 saturated heterocycles. The van der Waals surface area contributed by atoms with Crippen LogP contribution in [0.4, 0.5) is 4.39 Å². The average Bonchev–Trinajstić information content (AvgIpc) is 2.48. The number of rotatable bonds is 5. The van der Waals surface area contributed by atoms with Gasteiger partial charge in [0, 0.05) is 16.6 Å². The van der Waals surface area contributed by atoms with E-state index in [1.54, 1.807) is 19.2 Å². The van der Waals surface area contributed by atoms with Crippen molar-refractivity contribution in [1.82, 2.24) is 5.32 Å². The third kappa shape index (κ3) is 3.74. The minimum absolute atomic E-state index is 0.0477. The van der Waals surface area contributed by atoms with Gasteiger partial charge in [0.05, 0.1) is 7.11 Å². The minimum Gasteiger partial charge on any atom is -0.496 e. The Bertz CT molecular complexity index is 630. The number of aryl methyl sites for hydroxylation is 1. The third-order valence-electron chi connectivity index (χ3n) is 3.54. The molecule has 0 fully saturated rings. The van der Waals surface area contributed by atoms with Gasteiger partial charge in [-0.2, -0.15) is 0 Å². The summed E-state index contributed by atoms with van der Waals surface area (Å²) in [5.41, 5.74) is 2.72. The van der Waals surface area contributed by atoms with Gasteiger partial charge in [0.25, 0.3) is 0 Å². The van der Waals surface area contributed by atoms with Crippen LogP contribution in [0.2, 0.25) is 5.02 Å². The van der Waals surface area contributed by atoms with Crippen LogP contribution in [0.3, 0.4) is 0 Å². The molecule has 0 aliphatic heterocycles. The topological polar surface area (TPSA) is 21.3 Å². The van der Waals surface area contributed by atoms with Crippen molar-refractivity contribution in [3.63, 3.8) is 0 Å². The van der Waals surface area contributed by atoms with Crippen LogP contribution in [0.1, 0.15) is 22.7 Å². The first-order valence-corrected chi connectivity index (χ1v) is 7.18. The fraction of sp³-hybridized carbons (Fsp3) is 0.294. The molecule has 1 atom stereocenters. The molecule has 0 spiro atoms. The number of hydrogen-bond donors (Lipinski definition) is 1. The highest BCUT2D eigenvalue weighted by molar-refractivity contribution is 6.30. The molecule has 0 heterocycles. The summed E-state index contributed by atoms with van der Waals surface area (Å²) in [6.07, 6.45) is 0.502. The van der Waals surface area contributed by atoms with E-state index in [2.05, 4.69) is 5.32 Å². The molecule has 2 rings (SSSR count). The Balaban J connectivity index is 2.34. The highest BCUT2D eigenvalue weighted by atomic mass is 35.5. The highest BCUT2D eigenvalue weighted by Gasteiger charge is 2.17. The maximum Gasteiger partial charge on any atom is 0.126 e. The molecule has 0 saturated carbocycles. The molecule has 1 unspecified atom stereocenters. The summed E-state index contributed by atoms with van der Waals surface area (Å²) in [5.74, 6) is 0.558. The standard InChI is InChI=1S/C17H19ClFNO/c1-11-4-6-14(17(8-11)21-3)16(20-2)10-12-9-13(18)5-7-15(12)19/h4-9,16,20H,10H2,1-3H3. The summed E-state index contributed by atoms with van der Waals surface area (Å²) in [7, 11) is 3.50. The fourth-order valence-corrected chi connectivity index (χ4v) is 2.59. The van der Waals surface area contributed by atoms with Crippen molar-refractivity contribution in [3.05, 3.63) is 63.9 Å². The first kappa shape index (κ1) is 15.8.